The zero-order valence-corrected chi connectivity index (χ0v) is 14.8. The van der Waals surface area contributed by atoms with Gasteiger partial charge in [0.25, 0.3) is 0 Å². The Bertz CT molecular complexity index is 641. The van der Waals surface area contributed by atoms with Gasteiger partial charge >= 0.3 is 0 Å². The van der Waals surface area contributed by atoms with E-state index < -0.39 is 0 Å². The van der Waals surface area contributed by atoms with Crippen LogP contribution in [0.1, 0.15) is 25.0 Å². The van der Waals surface area contributed by atoms with Gasteiger partial charge in [-0.3, -0.25) is 4.90 Å². The molecular weight excluding hydrogens is 310 g/mol. The van der Waals surface area contributed by atoms with Gasteiger partial charge in [0.15, 0.2) is 10.8 Å². The maximum atomic E-state index is 5.48. The van der Waals surface area contributed by atoms with Gasteiger partial charge in [-0.1, -0.05) is 11.3 Å². The Labute approximate surface area is 141 Å². The summed E-state index contributed by atoms with van der Waals surface area (Å²) in [5.41, 5.74) is 2.12. The SMILES string of the molecule is Cc1nn(C)c2nc(N3CCCC[C@@H]3CN3CCOCC3)sc12. The predicted molar refractivity (Wildman–Crippen MR) is 93.4 cm³/mol. The van der Waals surface area contributed by atoms with E-state index in [-0.39, 0.29) is 0 Å². The lowest BCUT2D eigenvalue weighted by Gasteiger charge is -2.39. The van der Waals surface area contributed by atoms with Crippen molar-refractivity contribution >= 4 is 26.8 Å². The lowest BCUT2D eigenvalue weighted by Crippen LogP contribution is -2.49. The molecule has 126 valence electrons. The Morgan fingerprint density at radius 2 is 2.04 bits per heavy atom. The molecule has 2 saturated heterocycles. The molecule has 0 bridgehead atoms. The summed E-state index contributed by atoms with van der Waals surface area (Å²) in [5.74, 6) is 0. The van der Waals surface area contributed by atoms with Crippen LogP contribution in [0.3, 0.4) is 0 Å². The number of hydrogen-bond donors (Lipinski definition) is 0. The summed E-state index contributed by atoms with van der Waals surface area (Å²) < 4.78 is 8.62. The van der Waals surface area contributed by atoms with Crippen LogP contribution in [0, 0.1) is 6.92 Å². The summed E-state index contributed by atoms with van der Waals surface area (Å²) in [6.45, 7) is 8.21. The number of hydrogen-bond acceptors (Lipinski definition) is 6. The molecule has 4 heterocycles. The van der Waals surface area contributed by atoms with Gasteiger partial charge in [-0.25, -0.2) is 9.67 Å². The third kappa shape index (κ3) is 2.97. The van der Waals surface area contributed by atoms with Gasteiger partial charge in [-0.15, -0.1) is 0 Å². The maximum Gasteiger partial charge on any atom is 0.188 e. The number of rotatable bonds is 3. The van der Waals surface area contributed by atoms with Crippen molar-refractivity contribution in [2.75, 3.05) is 44.3 Å². The van der Waals surface area contributed by atoms with E-state index in [9.17, 15) is 0 Å². The molecule has 0 aliphatic carbocycles. The first-order valence-corrected chi connectivity index (χ1v) is 9.41. The molecule has 0 radical (unpaired) electrons. The van der Waals surface area contributed by atoms with E-state index in [1.165, 1.54) is 29.1 Å². The highest BCUT2D eigenvalue weighted by molar-refractivity contribution is 7.22. The Hall–Kier alpha value is -1.18. The lowest BCUT2D eigenvalue weighted by molar-refractivity contribution is 0.0338. The molecule has 23 heavy (non-hydrogen) atoms. The number of nitrogens with zero attached hydrogens (tertiary/aromatic N) is 5. The molecule has 0 saturated carbocycles. The number of piperidine rings is 1. The smallest absolute Gasteiger partial charge is 0.188 e. The zero-order chi connectivity index (χ0) is 15.8. The second-order valence-electron chi connectivity index (χ2n) is 6.61. The van der Waals surface area contributed by atoms with Crippen LogP contribution in [0.4, 0.5) is 5.13 Å². The third-order valence-corrected chi connectivity index (χ3v) is 6.17. The second-order valence-corrected chi connectivity index (χ2v) is 7.59. The van der Waals surface area contributed by atoms with Crippen LogP contribution in [0.2, 0.25) is 0 Å². The van der Waals surface area contributed by atoms with E-state index in [4.69, 9.17) is 9.72 Å². The first kappa shape index (κ1) is 15.4. The van der Waals surface area contributed by atoms with Crippen LogP contribution >= 0.6 is 11.3 Å². The fourth-order valence-corrected chi connectivity index (χ4v) is 4.85. The maximum absolute atomic E-state index is 5.48. The third-order valence-electron chi connectivity index (χ3n) is 4.98. The Morgan fingerprint density at radius 3 is 2.83 bits per heavy atom. The molecule has 0 aromatic carbocycles. The number of morpholine rings is 1. The van der Waals surface area contributed by atoms with Gasteiger partial charge in [0.1, 0.15) is 0 Å². The molecule has 4 rings (SSSR count). The van der Waals surface area contributed by atoms with E-state index in [1.807, 2.05) is 11.7 Å². The van der Waals surface area contributed by atoms with Crippen LogP contribution in [0.15, 0.2) is 0 Å². The van der Waals surface area contributed by atoms with Crippen molar-refractivity contribution in [3.05, 3.63) is 5.69 Å². The summed E-state index contributed by atoms with van der Waals surface area (Å²) >= 11 is 1.81. The molecule has 7 heteroatoms. The summed E-state index contributed by atoms with van der Waals surface area (Å²) in [6.07, 6.45) is 3.87. The predicted octanol–water partition coefficient (Wildman–Crippen LogP) is 2.03. The van der Waals surface area contributed by atoms with Gasteiger partial charge in [0.05, 0.1) is 23.6 Å². The number of fused-ring (bicyclic) bond motifs is 1. The Kier molecular flexibility index (Phi) is 4.26. The number of thiazole rings is 1. The van der Waals surface area contributed by atoms with Gasteiger partial charge in [-0.2, -0.15) is 5.10 Å². The Balaban J connectivity index is 1.56. The van der Waals surface area contributed by atoms with Gasteiger partial charge in [-0.05, 0) is 26.2 Å². The highest BCUT2D eigenvalue weighted by Crippen LogP contribution is 2.34. The number of anilines is 1. The molecule has 2 aromatic heterocycles. The molecule has 2 aliphatic heterocycles. The average Bonchev–Trinajstić information content (AvgIpc) is 3.11. The van der Waals surface area contributed by atoms with E-state index in [1.54, 1.807) is 11.3 Å². The van der Waals surface area contributed by atoms with E-state index >= 15 is 0 Å². The van der Waals surface area contributed by atoms with Crippen molar-refractivity contribution in [2.45, 2.75) is 32.2 Å². The minimum Gasteiger partial charge on any atom is -0.379 e. The fraction of sp³-hybridized carbons (Fsp3) is 0.750. The van der Waals surface area contributed by atoms with Crippen LogP contribution in [0.5, 0.6) is 0 Å². The standard InChI is InChI=1S/C16H25N5OS/c1-12-14-15(19(2)18-12)17-16(23-14)21-6-4-3-5-13(21)11-20-7-9-22-10-8-20/h13H,3-11H2,1-2H3/t13-/m1/s1. The summed E-state index contributed by atoms with van der Waals surface area (Å²) in [7, 11) is 1.99. The highest BCUT2D eigenvalue weighted by Gasteiger charge is 2.28. The van der Waals surface area contributed by atoms with E-state index in [2.05, 4.69) is 21.8 Å². The monoisotopic (exact) mass is 335 g/mol. The van der Waals surface area contributed by atoms with Crippen molar-refractivity contribution in [1.29, 1.82) is 0 Å². The van der Waals surface area contributed by atoms with Gasteiger partial charge in [0, 0.05) is 39.3 Å². The minimum absolute atomic E-state index is 0.579. The molecule has 0 spiro atoms. The van der Waals surface area contributed by atoms with Crippen molar-refractivity contribution in [3.63, 3.8) is 0 Å². The largest absolute Gasteiger partial charge is 0.379 e. The van der Waals surface area contributed by atoms with Crippen molar-refractivity contribution in [1.82, 2.24) is 19.7 Å². The summed E-state index contributed by atoms with van der Waals surface area (Å²) in [5, 5.41) is 5.65. The highest BCUT2D eigenvalue weighted by atomic mass is 32.1. The van der Waals surface area contributed by atoms with Crippen molar-refractivity contribution in [3.8, 4) is 0 Å². The first-order valence-electron chi connectivity index (χ1n) is 8.59. The summed E-state index contributed by atoms with van der Waals surface area (Å²) in [6, 6.07) is 0.579. The molecule has 1 atom stereocenters. The first-order chi connectivity index (χ1) is 11.2. The molecule has 0 amide bonds. The van der Waals surface area contributed by atoms with Crippen LogP contribution < -0.4 is 4.90 Å². The van der Waals surface area contributed by atoms with Crippen molar-refractivity contribution in [2.24, 2.45) is 7.05 Å². The Morgan fingerprint density at radius 1 is 1.22 bits per heavy atom. The molecule has 2 aromatic rings. The average molecular weight is 335 g/mol. The molecular formula is C16H25N5OS. The quantitative estimate of drug-likeness (QED) is 0.859. The van der Waals surface area contributed by atoms with Crippen molar-refractivity contribution < 1.29 is 4.74 Å². The number of aryl methyl sites for hydroxylation is 2. The van der Waals surface area contributed by atoms with Gasteiger partial charge in [0.2, 0.25) is 0 Å². The molecule has 6 nitrogen and oxygen atoms in total. The normalized spacial score (nSPS) is 23.7. The lowest BCUT2D eigenvalue weighted by atomic mass is 10.0. The molecule has 0 N–H and O–H groups in total. The van der Waals surface area contributed by atoms with E-state index in [0.29, 0.717) is 6.04 Å². The molecule has 2 fully saturated rings. The second kappa shape index (κ2) is 6.37. The summed E-state index contributed by atoms with van der Waals surface area (Å²) in [4.78, 5) is 9.99. The molecule has 0 unspecified atom stereocenters. The van der Waals surface area contributed by atoms with Gasteiger partial charge < -0.3 is 9.64 Å². The zero-order valence-electron chi connectivity index (χ0n) is 14.0. The number of ether oxygens (including phenoxy) is 1. The topological polar surface area (TPSA) is 46.4 Å². The fourth-order valence-electron chi connectivity index (χ4n) is 3.72. The number of aromatic nitrogens is 3. The molecule has 2 aliphatic rings. The van der Waals surface area contributed by atoms with Crippen LogP contribution in [-0.4, -0.2) is 65.1 Å². The van der Waals surface area contributed by atoms with Crippen LogP contribution in [-0.2, 0) is 11.8 Å². The minimum atomic E-state index is 0.579. The van der Waals surface area contributed by atoms with E-state index in [0.717, 1.165) is 50.7 Å². The van der Waals surface area contributed by atoms with Crippen LogP contribution in [0.25, 0.3) is 10.3 Å².